The topological polar surface area (TPSA) is 49.4 Å². The number of fused-ring (bicyclic) bond motifs is 3. The van der Waals surface area contributed by atoms with Gasteiger partial charge in [0.25, 0.3) is 10.6 Å². The highest BCUT2D eigenvalue weighted by Crippen LogP contribution is 2.30. The number of aliphatic hydroxyl groups excluding tert-OH is 1. The highest BCUT2D eigenvalue weighted by Gasteiger charge is 2.21. The van der Waals surface area contributed by atoms with Crippen LogP contribution in [-0.4, -0.2) is 40.0 Å². The van der Waals surface area contributed by atoms with Crippen LogP contribution in [0.3, 0.4) is 0 Å². The van der Waals surface area contributed by atoms with Crippen LogP contribution < -0.4 is 43.3 Å². The zero-order valence-electron chi connectivity index (χ0n) is 19.7. The van der Waals surface area contributed by atoms with Gasteiger partial charge in [0.15, 0.2) is 6.54 Å². The van der Waals surface area contributed by atoms with E-state index in [1.807, 2.05) is 29.3 Å². The first-order valence-corrected chi connectivity index (χ1v) is 14.2. The molecule has 1 aliphatic rings. The van der Waals surface area contributed by atoms with Gasteiger partial charge >= 0.3 is 0 Å². The third-order valence-electron chi connectivity index (χ3n) is 6.13. The van der Waals surface area contributed by atoms with Gasteiger partial charge in [0, 0.05) is 36.8 Å². The highest BCUT2D eigenvalue weighted by atomic mass is 127. The summed E-state index contributed by atoms with van der Waals surface area (Å²) >= 11 is 5.10. The number of aromatic nitrogens is 2. The first kappa shape index (κ1) is 26.4. The summed E-state index contributed by atoms with van der Waals surface area (Å²) in [5.41, 5.74) is 1.17. The van der Waals surface area contributed by atoms with Crippen LogP contribution in [0.15, 0.2) is 52.3 Å². The zero-order chi connectivity index (χ0) is 23.7. The number of aliphatic hydroxyl groups is 1. The maximum absolute atomic E-state index is 13.2. The molecule has 0 unspecified atom stereocenters. The molecule has 184 valence electrons. The fourth-order valence-electron chi connectivity index (χ4n) is 4.41. The van der Waals surface area contributed by atoms with Crippen molar-refractivity contribution in [1.82, 2.24) is 9.47 Å². The van der Waals surface area contributed by atoms with Crippen molar-refractivity contribution in [3.05, 3.63) is 72.1 Å². The van der Waals surface area contributed by atoms with Crippen LogP contribution in [0, 0.1) is 0 Å². The van der Waals surface area contributed by atoms with E-state index in [0.29, 0.717) is 13.1 Å². The molecule has 0 radical (unpaired) electrons. The molecule has 0 atom stereocenters. The lowest BCUT2D eigenvalue weighted by atomic mass is 10.1. The highest BCUT2D eigenvalue weighted by molar-refractivity contribution is 8.03. The minimum absolute atomic E-state index is 0. The van der Waals surface area contributed by atoms with Crippen molar-refractivity contribution in [2.45, 2.75) is 26.9 Å². The average molecular weight is 638 g/mol. The number of thiazole rings is 2. The molecule has 1 N–H and O–H groups in total. The molecule has 9 heteroatoms. The van der Waals surface area contributed by atoms with Gasteiger partial charge in [0.05, 0.1) is 15.6 Å². The van der Waals surface area contributed by atoms with Crippen molar-refractivity contribution in [2.75, 3.05) is 25.4 Å². The number of thioether (sulfide) groups is 1. The fourth-order valence-corrected chi connectivity index (χ4v) is 7.88. The second-order valence-electron chi connectivity index (χ2n) is 8.05. The van der Waals surface area contributed by atoms with E-state index in [1.165, 1.54) is 31.8 Å². The number of benzene rings is 2. The van der Waals surface area contributed by atoms with E-state index in [-0.39, 0.29) is 36.1 Å². The standard InChI is InChI=1S/C26H28N3O2S3.HI/c1-3-27-14-16-32-22(27)12-11-21-26(31)28(4-2)23(33-21)17-24-29(13-15-30)20-10-9-18-7-5-6-8-19(18)25(20)34-24;/h5-12,17,30H,3-4,13-16H2,1-2H3;1H/q+1;/p-1/b21-11-,22-12-;. The summed E-state index contributed by atoms with van der Waals surface area (Å²) in [6.45, 7) is 7.43. The summed E-state index contributed by atoms with van der Waals surface area (Å²) in [6, 6.07) is 12.7. The molecule has 5 nitrogen and oxygen atoms in total. The third kappa shape index (κ3) is 5.11. The molecule has 5 rings (SSSR count). The Morgan fingerprint density at radius 1 is 1.09 bits per heavy atom. The van der Waals surface area contributed by atoms with E-state index in [9.17, 15) is 9.90 Å². The molecule has 3 heterocycles. The summed E-state index contributed by atoms with van der Waals surface area (Å²) in [7, 11) is 0. The van der Waals surface area contributed by atoms with E-state index >= 15 is 0 Å². The number of allylic oxidation sites excluding steroid dienone is 1. The lowest BCUT2D eigenvalue weighted by molar-refractivity contribution is -0.670. The van der Waals surface area contributed by atoms with E-state index in [1.54, 1.807) is 11.3 Å². The van der Waals surface area contributed by atoms with Crippen molar-refractivity contribution in [2.24, 2.45) is 0 Å². The van der Waals surface area contributed by atoms with Crippen molar-refractivity contribution in [3.63, 3.8) is 0 Å². The summed E-state index contributed by atoms with van der Waals surface area (Å²) < 4.78 is 6.90. The van der Waals surface area contributed by atoms with Gasteiger partial charge in [-0.3, -0.25) is 9.36 Å². The minimum atomic E-state index is 0. The van der Waals surface area contributed by atoms with Crippen molar-refractivity contribution < 1.29 is 33.7 Å². The molecule has 0 spiro atoms. The summed E-state index contributed by atoms with van der Waals surface area (Å²) in [5, 5.41) is 14.5. The Morgan fingerprint density at radius 3 is 2.69 bits per heavy atom. The number of hydrogen-bond acceptors (Lipinski definition) is 6. The van der Waals surface area contributed by atoms with Gasteiger partial charge in [-0.2, -0.15) is 4.57 Å². The summed E-state index contributed by atoms with van der Waals surface area (Å²) in [4.78, 5) is 15.5. The minimum Gasteiger partial charge on any atom is -1.00 e. The van der Waals surface area contributed by atoms with Crippen LogP contribution in [0.2, 0.25) is 0 Å². The van der Waals surface area contributed by atoms with Crippen LogP contribution in [0.5, 0.6) is 0 Å². The Balaban J connectivity index is 0.00000289. The molecule has 0 aliphatic carbocycles. The summed E-state index contributed by atoms with van der Waals surface area (Å²) in [6.07, 6.45) is 6.18. The van der Waals surface area contributed by atoms with Crippen molar-refractivity contribution in [3.8, 4) is 0 Å². The predicted molar refractivity (Wildman–Crippen MR) is 146 cm³/mol. The fraction of sp³-hybridized carbons (Fsp3) is 0.308. The number of halogens is 1. The second kappa shape index (κ2) is 11.6. The van der Waals surface area contributed by atoms with Crippen molar-refractivity contribution in [1.29, 1.82) is 0 Å². The van der Waals surface area contributed by atoms with Crippen LogP contribution >= 0.6 is 34.4 Å². The first-order valence-electron chi connectivity index (χ1n) is 11.6. The first-order chi connectivity index (χ1) is 16.6. The van der Waals surface area contributed by atoms with Crippen LogP contribution in [0.4, 0.5) is 0 Å². The van der Waals surface area contributed by atoms with Crippen LogP contribution in [0.1, 0.15) is 18.9 Å². The summed E-state index contributed by atoms with van der Waals surface area (Å²) in [5.74, 6) is 1.10. The van der Waals surface area contributed by atoms with Crippen molar-refractivity contribution >= 4 is 67.6 Å². The van der Waals surface area contributed by atoms with Gasteiger partial charge in [-0.15, -0.1) is 23.1 Å². The molecule has 1 fully saturated rings. The molecule has 4 aromatic rings. The Hall–Kier alpha value is -1.66. The molecular weight excluding hydrogens is 609 g/mol. The SMILES string of the molecule is CCN1CCS/C1=C\C=c1/s/c(=C\c2sc3c4ccccc4ccc3[n+]2CCO)n(CC)c1=O.[I-]. The van der Waals surface area contributed by atoms with Gasteiger partial charge in [0.2, 0.25) is 5.52 Å². The molecular formula is C26H28IN3O2S3. The Morgan fingerprint density at radius 2 is 1.91 bits per heavy atom. The molecule has 0 bridgehead atoms. The Bertz CT molecular complexity index is 1570. The molecule has 1 aliphatic heterocycles. The van der Waals surface area contributed by atoms with E-state index in [4.69, 9.17) is 0 Å². The predicted octanol–water partition coefficient (Wildman–Crippen LogP) is 0.101. The van der Waals surface area contributed by atoms with Gasteiger partial charge in [0.1, 0.15) is 16.0 Å². The molecule has 0 amide bonds. The van der Waals surface area contributed by atoms with E-state index in [0.717, 1.165) is 38.6 Å². The normalized spacial score (nSPS) is 16.2. The molecule has 2 aromatic heterocycles. The monoisotopic (exact) mass is 637 g/mol. The van der Waals surface area contributed by atoms with Gasteiger partial charge < -0.3 is 34.0 Å². The Kier molecular flexibility index (Phi) is 8.75. The third-order valence-corrected chi connectivity index (χ3v) is 9.46. The van der Waals surface area contributed by atoms with Crippen LogP contribution in [-0.2, 0) is 13.1 Å². The number of nitrogens with zero attached hydrogens (tertiary/aromatic N) is 3. The molecule has 35 heavy (non-hydrogen) atoms. The van der Waals surface area contributed by atoms with Gasteiger partial charge in [-0.25, -0.2) is 0 Å². The molecule has 2 aromatic carbocycles. The number of rotatable bonds is 6. The van der Waals surface area contributed by atoms with Gasteiger partial charge in [-0.05, 0) is 37.5 Å². The molecule has 0 saturated carbocycles. The lowest BCUT2D eigenvalue weighted by Crippen LogP contribution is -3.00. The quantitative estimate of drug-likeness (QED) is 0.241. The second-order valence-corrected chi connectivity index (χ2v) is 11.3. The van der Waals surface area contributed by atoms with Crippen LogP contribution in [0.25, 0.3) is 33.1 Å². The maximum Gasteiger partial charge on any atom is 0.269 e. The van der Waals surface area contributed by atoms with E-state index < -0.39 is 0 Å². The average Bonchev–Trinajstić information content (AvgIpc) is 3.54. The largest absolute Gasteiger partial charge is 1.00 e. The smallest absolute Gasteiger partial charge is 0.269 e. The molecule has 1 saturated heterocycles. The maximum atomic E-state index is 13.2. The zero-order valence-corrected chi connectivity index (χ0v) is 24.3. The van der Waals surface area contributed by atoms with Gasteiger partial charge in [-0.1, -0.05) is 35.6 Å². The Labute approximate surface area is 233 Å². The lowest BCUT2D eigenvalue weighted by Gasteiger charge is -2.14. The van der Waals surface area contributed by atoms with E-state index in [2.05, 4.69) is 64.9 Å². The number of hydrogen-bond donors (Lipinski definition) is 1.